The summed E-state index contributed by atoms with van der Waals surface area (Å²) in [6.07, 6.45) is 5.62. The normalized spacial score (nSPS) is 11.1. The smallest absolute Gasteiger partial charge is 0.206 e. The fourth-order valence-electron chi connectivity index (χ4n) is 1.47. The van der Waals surface area contributed by atoms with Crippen molar-refractivity contribution in [3.8, 4) is 10.6 Å². The molecule has 3 aromatic rings. The van der Waals surface area contributed by atoms with Crippen LogP contribution in [0, 0.1) is 0 Å². The maximum absolute atomic E-state index is 4.40. The van der Waals surface area contributed by atoms with E-state index in [0.29, 0.717) is 0 Å². The molecule has 3 aromatic heterocycles. The molecular formula is C9H7BrN5S+. The van der Waals surface area contributed by atoms with E-state index in [1.165, 1.54) is 11.3 Å². The van der Waals surface area contributed by atoms with E-state index in [9.17, 15) is 0 Å². The van der Waals surface area contributed by atoms with Gasteiger partial charge in [-0.25, -0.2) is 4.57 Å². The van der Waals surface area contributed by atoms with Crippen molar-refractivity contribution in [1.29, 1.82) is 0 Å². The fourth-order valence-corrected chi connectivity index (χ4v) is 2.84. The lowest BCUT2D eigenvalue weighted by Crippen LogP contribution is -2.26. The third-order valence-electron chi connectivity index (χ3n) is 2.10. The number of hydrogen-bond donors (Lipinski definition) is 0. The van der Waals surface area contributed by atoms with Crippen molar-refractivity contribution >= 4 is 32.2 Å². The highest BCUT2D eigenvalue weighted by Crippen LogP contribution is 2.25. The molecule has 0 aliphatic rings. The maximum Gasteiger partial charge on any atom is 0.234 e. The lowest BCUT2D eigenvalue weighted by atomic mass is 10.3. The first kappa shape index (κ1) is 9.86. The number of fused-ring (bicyclic) bond motifs is 1. The lowest BCUT2D eigenvalue weighted by molar-refractivity contribution is -0.671. The van der Waals surface area contributed by atoms with Crippen molar-refractivity contribution in [1.82, 2.24) is 19.8 Å². The second-order valence-electron chi connectivity index (χ2n) is 3.37. The van der Waals surface area contributed by atoms with Gasteiger partial charge < -0.3 is 0 Å². The highest BCUT2D eigenvalue weighted by molar-refractivity contribution is 9.10. The summed E-state index contributed by atoms with van der Waals surface area (Å²) in [4.78, 5) is 0.803. The van der Waals surface area contributed by atoms with Crippen LogP contribution in [-0.2, 0) is 7.05 Å². The zero-order chi connectivity index (χ0) is 11.1. The predicted octanol–water partition coefficient (Wildman–Crippen LogP) is 1.44. The van der Waals surface area contributed by atoms with Crippen molar-refractivity contribution in [2.45, 2.75) is 0 Å². The Bertz CT molecular complexity index is 610. The van der Waals surface area contributed by atoms with Crippen LogP contribution in [0.2, 0.25) is 0 Å². The van der Waals surface area contributed by atoms with E-state index in [1.54, 1.807) is 10.8 Å². The van der Waals surface area contributed by atoms with Crippen LogP contribution in [0.1, 0.15) is 0 Å². The number of nitrogens with zero attached hydrogens (tertiary/aromatic N) is 5. The minimum Gasteiger partial charge on any atom is -0.206 e. The van der Waals surface area contributed by atoms with E-state index in [4.69, 9.17) is 0 Å². The van der Waals surface area contributed by atoms with Gasteiger partial charge in [0.2, 0.25) is 4.96 Å². The Morgan fingerprint density at radius 1 is 1.44 bits per heavy atom. The molecule has 0 unspecified atom stereocenters. The van der Waals surface area contributed by atoms with E-state index in [1.807, 2.05) is 30.1 Å². The molecule has 80 valence electrons. The zero-order valence-corrected chi connectivity index (χ0v) is 10.7. The molecule has 0 aliphatic heterocycles. The van der Waals surface area contributed by atoms with Crippen molar-refractivity contribution in [3.05, 3.63) is 29.3 Å². The largest absolute Gasteiger partial charge is 0.234 e. The summed E-state index contributed by atoms with van der Waals surface area (Å²) in [6, 6.07) is 2.03. The third-order valence-corrected chi connectivity index (χ3v) is 3.49. The van der Waals surface area contributed by atoms with Crippen LogP contribution in [0.3, 0.4) is 0 Å². The number of aryl methyl sites for hydroxylation is 1. The van der Waals surface area contributed by atoms with Crippen LogP contribution in [0.4, 0.5) is 0 Å². The van der Waals surface area contributed by atoms with Crippen LogP contribution in [0.25, 0.3) is 15.5 Å². The molecule has 7 heteroatoms. The molecule has 0 N–H and O–H groups in total. The average Bonchev–Trinajstić information content (AvgIpc) is 2.74. The molecule has 0 saturated carbocycles. The molecule has 0 aromatic carbocycles. The summed E-state index contributed by atoms with van der Waals surface area (Å²) in [5.41, 5.74) is 1.06. The van der Waals surface area contributed by atoms with Gasteiger partial charge in [0.05, 0.1) is 10.0 Å². The average molecular weight is 297 g/mol. The number of pyridine rings is 1. The molecule has 0 radical (unpaired) electrons. The van der Waals surface area contributed by atoms with Crippen LogP contribution in [0.15, 0.2) is 29.3 Å². The number of halogens is 1. The summed E-state index contributed by atoms with van der Waals surface area (Å²) in [7, 11) is 1.98. The number of aromatic nitrogens is 5. The standard InChI is InChI=1S/C9H7BrN5S/c1-14-3-6(2-7(10)4-14)8-13-15-5-11-12-9(15)16-8/h2-5H,1H3/q+1. The van der Waals surface area contributed by atoms with Gasteiger partial charge >= 0.3 is 0 Å². The quantitative estimate of drug-likeness (QED) is 0.639. The SMILES string of the molecule is C[n+]1cc(Br)cc(-c2nn3cnnc3s2)c1. The summed E-state index contributed by atoms with van der Waals surface area (Å²) in [5.74, 6) is 0. The topological polar surface area (TPSA) is 47.0 Å². The highest BCUT2D eigenvalue weighted by Gasteiger charge is 2.11. The van der Waals surface area contributed by atoms with Gasteiger partial charge in [0.25, 0.3) is 0 Å². The van der Waals surface area contributed by atoms with Crippen LogP contribution in [-0.4, -0.2) is 19.8 Å². The molecule has 0 spiro atoms. The first-order valence-electron chi connectivity index (χ1n) is 4.55. The van der Waals surface area contributed by atoms with Gasteiger partial charge in [-0.05, 0) is 22.0 Å². The molecule has 0 fully saturated rings. The monoisotopic (exact) mass is 296 g/mol. The maximum atomic E-state index is 4.40. The van der Waals surface area contributed by atoms with Crippen molar-refractivity contribution in [2.24, 2.45) is 7.05 Å². The van der Waals surface area contributed by atoms with Crippen LogP contribution in [0.5, 0.6) is 0 Å². The second kappa shape index (κ2) is 3.60. The third kappa shape index (κ3) is 1.61. The van der Waals surface area contributed by atoms with E-state index < -0.39 is 0 Å². The van der Waals surface area contributed by atoms with E-state index >= 15 is 0 Å². The van der Waals surface area contributed by atoms with Crippen molar-refractivity contribution in [3.63, 3.8) is 0 Å². The molecule has 3 rings (SSSR count). The summed E-state index contributed by atoms with van der Waals surface area (Å²) >= 11 is 4.98. The molecular weight excluding hydrogens is 290 g/mol. The zero-order valence-electron chi connectivity index (χ0n) is 8.33. The van der Waals surface area contributed by atoms with Gasteiger partial charge in [-0.1, -0.05) is 11.3 Å². The fraction of sp³-hybridized carbons (Fsp3) is 0.111. The lowest BCUT2D eigenvalue weighted by Gasteiger charge is -1.94. The molecule has 0 atom stereocenters. The Hall–Kier alpha value is -1.34. The van der Waals surface area contributed by atoms with Gasteiger partial charge in [-0.2, -0.15) is 9.61 Å². The van der Waals surface area contributed by atoms with Gasteiger partial charge in [0.1, 0.15) is 13.4 Å². The number of hydrogen-bond acceptors (Lipinski definition) is 4. The Morgan fingerprint density at radius 3 is 3.06 bits per heavy atom. The van der Waals surface area contributed by atoms with Gasteiger partial charge in [-0.15, -0.1) is 10.2 Å². The van der Waals surface area contributed by atoms with E-state index in [0.717, 1.165) is 20.0 Å². The van der Waals surface area contributed by atoms with Crippen molar-refractivity contribution in [2.75, 3.05) is 0 Å². The summed E-state index contributed by atoms with van der Waals surface area (Å²) < 4.78 is 4.70. The molecule has 0 saturated heterocycles. The summed E-state index contributed by atoms with van der Waals surface area (Å²) in [6.45, 7) is 0. The number of rotatable bonds is 1. The molecule has 0 amide bonds. The van der Waals surface area contributed by atoms with Crippen molar-refractivity contribution < 1.29 is 4.57 Å². The molecule has 16 heavy (non-hydrogen) atoms. The van der Waals surface area contributed by atoms with Gasteiger partial charge in [0, 0.05) is 0 Å². The first-order valence-corrected chi connectivity index (χ1v) is 6.16. The van der Waals surface area contributed by atoms with Gasteiger partial charge in [-0.3, -0.25) is 0 Å². The van der Waals surface area contributed by atoms with E-state index in [-0.39, 0.29) is 0 Å². The van der Waals surface area contributed by atoms with Crippen LogP contribution < -0.4 is 4.57 Å². The van der Waals surface area contributed by atoms with Gasteiger partial charge in [0.15, 0.2) is 17.4 Å². The van der Waals surface area contributed by atoms with E-state index in [2.05, 4.69) is 31.2 Å². The Balaban J connectivity index is 2.18. The first-order chi connectivity index (χ1) is 7.72. The molecule has 0 aliphatic carbocycles. The minimum absolute atomic E-state index is 0.803. The molecule has 0 bridgehead atoms. The second-order valence-corrected chi connectivity index (χ2v) is 5.25. The Kier molecular flexibility index (Phi) is 2.22. The Labute approximate surface area is 104 Å². The van der Waals surface area contributed by atoms with Crippen LogP contribution >= 0.6 is 27.3 Å². The minimum atomic E-state index is 0.803. The summed E-state index contributed by atoms with van der Waals surface area (Å²) in [5, 5.41) is 13.1. The molecule has 5 nitrogen and oxygen atoms in total. The Morgan fingerprint density at radius 2 is 2.31 bits per heavy atom. The predicted molar refractivity (Wildman–Crippen MR) is 63.0 cm³/mol. The molecule has 3 heterocycles. The highest BCUT2D eigenvalue weighted by atomic mass is 79.9.